The molecule has 0 spiro atoms. The number of piperidine rings is 1. The minimum Gasteiger partial charge on any atom is -0.368 e. The number of fused-ring (bicyclic) bond motifs is 1. The molecular weight excluding hydrogens is 371 g/mol. The zero-order chi connectivity index (χ0) is 20.2. The molecule has 2 saturated heterocycles. The van der Waals surface area contributed by atoms with Gasteiger partial charge < -0.3 is 14.5 Å². The van der Waals surface area contributed by atoms with Crippen molar-refractivity contribution in [2.75, 3.05) is 31.1 Å². The van der Waals surface area contributed by atoms with Crippen LogP contribution in [-0.4, -0.2) is 49.1 Å². The Kier molecular flexibility index (Phi) is 5.90. The first-order chi connectivity index (χ1) is 14.1. The number of carbonyl (C=O) groups excluding carboxylic acids is 2. The van der Waals surface area contributed by atoms with Gasteiger partial charge in [-0.2, -0.15) is 0 Å². The van der Waals surface area contributed by atoms with Crippen LogP contribution in [-0.2, 0) is 20.7 Å². The van der Waals surface area contributed by atoms with Gasteiger partial charge in [0.1, 0.15) is 12.4 Å². The van der Waals surface area contributed by atoms with Crippen molar-refractivity contribution >= 4 is 17.5 Å². The molecule has 4 rings (SSSR count). The van der Waals surface area contributed by atoms with Crippen LogP contribution < -0.4 is 4.90 Å². The van der Waals surface area contributed by atoms with Gasteiger partial charge in [-0.3, -0.25) is 9.59 Å². The van der Waals surface area contributed by atoms with Crippen molar-refractivity contribution in [3.63, 3.8) is 0 Å². The molecule has 6 heteroatoms. The van der Waals surface area contributed by atoms with Crippen LogP contribution in [0.25, 0.3) is 0 Å². The summed E-state index contributed by atoms with van der Waals surface area (Å²) >= 11 is 0. The van der Waals surface area contributed by atoms with Crippen molar-refractivity contribution in [1.29, 1.82) is 0 Å². The number of carbonyl (C=O) groups is 2. The Labute approximate surface area is 170 Å². The monoisotopic (exact) mass is 396 g/mol. The van der Waals surface area contributed by atoms with Crippen molar-refractivity contribution < 1.29 is 18.7 Å². The molecule has 5 nitrogen and oxygen atoms in total. The zero-order valence-corrected chi connectivity index (χ0v) is 16.3. The molecule has 0 aliphatic carbocycles. The topological polar surface area (TPSA) is 49.9 Å². The Hall–Kier alpha value is -2.73. The van der Waals surface area contributed by atoms with Gasteiger partial charge in [-0.15, -0.1) is 0 Å². The molecule has 0 saturated carbocycles. The van der Waals surface area contributed by atoms with E-state index in [0.29, 0.717) is 32.5 Å². The van der Waals surface area contributed by atoms with Gasteiger partial charge in [0, 0.05) is 37.7 Å². The Morgan fingerprint density at radius 1 is 1.10 bits per heavy atom. The number of ether oxygens (including phenoxy) is 1. The van der Waals surface area contributed by atoms with Crippen molar-refractivity contribution in [1.82, 2.24) is 4.90 Å². The van der Waals surface area contributed by atoms with E-state index < -0.39 is 0 Å². The van der Waals surface area contributed by atoms with Gasteiger partial charge in [0.05, 0.1) is 6.10 Å². The minimum atomic E-state index is -0.281. The standard InChI is InChI=1S/C23H25FN2O3/c24-19-6-4-5-17(13-19)9-10-22(27)25-12-11-21-18(14-25)15-26(23(28)16-29-21)20-7-2-1-3-8-20/h1-8,13,18,21H,9-12,14-16H2/t18-,21+/m1/s1. The van der Waals surface area contributed by atoms with Gasteiger partial charge in [-0.25, -0.2) is 4.39 Å². The molecule has 0 aromatic heterocycles. The third-order valence-electron chi connectivity index (χ3n) is 5.74. The van der Waals surface area contributed by atoms with Gasteiger partial charge in [0.2, 0.25) is 5.91 Å². The molecule has 2 amide bonds. The molecule has 29 heavy (non-hydrogen) atoms. The van der Waals surface area contributed by atoms with Crippen LogP contribution in [0.3, 0.4) is 0 Å². The average molecular weight is 396 g/mol. The van der Waals surface area contributed by atoms with Crippen LogP contribution in [0.5, 0.6) is 0 Å². The number of benzene rings is 2. The van der Waals surface area contributed by atoms with Crippen LogP contribution in [0.1, 0.15) is 18.4 Å². The Morgan fingerprint density at radius 3 is 2.72 bits per heavy atom. The van der Waals surface area contributed by atoms with Crippen molar-refractivity contribution in [2.24, 2.45) is 5.92 Å². The highest BCUT2D eigenvalue weighted by Crippen LogP contribution is 2.27. The Bertz CT molecular complexity index is 873. The second kappa shape index (κ2) is 8.74. The molecular formula is C23H25FN2O3. The van der Waals surface area contributed by atoms with E-state index in [2.05, 4.69) is 0 Å². The summed E-state index contributed by atoms with van der Waals surface area (Å²) in [6.45, 7) is 1.82. The quantitative estimate of drug-likeness (QED) is 0.798. The molecule has 2 aliphatic heterocycles. The largest absolute Gasteiger partial charge is 0.368 e. The lowest BCUT2D eigenvalue weighted by Crippen LogP contribution is -2.49. The number of rotatable bonds is 4. The maximum atomic E-state index is 13.3. The molecule has 2 aliphatic rings. The molecule has 0 bridgehead atoms. The summed E-state index contributed by atoms with van der Waals surface area (Å²) in [7, 11) is 0. The number of anilines is 1. The van der Waals surface area contributed by atoms with E-state index in [-0.39, 0.29) is 36.3 Å². The first kappa shape index (κ1) is 19.6. The average Bonchev–Trinajstić information content (AvgIpc) is 2.91. The van der Waals surface area contributed by atoms with Crippen molar-refractivity contribution in [3.8, 4) is 0 Å². The molecule has 0 radical (unpaired) electrons. The molecule has 152 valence electrons. The van der Waals surface area contributed by atoms with Crippen LogP contribution in [0.2, 0.25) is 0 Å². The third-order valence-corrected chi connectivity index (χ3v) is 5.74. The second-order valence-electron chi connectivity index (χ2n) is 7.71. The summed E-state index contributed by atoms with van der Waals surface area (Å²) in [6.07, 6.45) is 1.58. The zero-order valence-electron chi connectivity index (χ0n) is 16.3. The van der Waals surface area contributed by atoms with Gasteiger partial charge in [-0.05, 0) is 42.7 Å². The number of hydrogen-bond donors (Lipinski definition) is 0. The molecule has 0 N–H and O–H groups in total. The van der Waals surface area contributed by atoms with Gasteiger partial charge >= 0.3 is 0 Å². The number of hydrogen-bond acceptors (Lipinski definition) is 3. The number of halogens is 1. The highest BCUT2D eigenvalue weighted by atomic mass is 19.1. The van der Waals surface area contributed by atoms with Crippen molar-refractivity contribution in [2.45, 2.75) is 25.4 Å². The number of nitrogens with zero attached hydrogens (tertiary/aromatic N) is 2. The fourth-order valence-electron chi connectivity index (χ4n) is 4.18. The number of aryl methyl sites for hydroxylation is 1. The second-order valence-corrected chi connectivity index (χ2v) is 7.71. The van der Waals surface area contributed by atoms with Crippen molar-refractivity contribution in [3.05, 3.63) is 66.0 Å². The first-order valence-corrected chi connectivity index (χ1v) is 10.1. The predicted molar refractivity (Wildman–Crippen MR) is 108 cm³/mol. The van der Waals surface area contributed by atoms with E-state index in [0.717, 1.165) is 17.7 Å². The highest BCUT2D eigenvalue weighted by molar-refractivity contribution is 5.94. The van der Waals surface area contributed by atoms with E-state index in [4.69, 9.17) is 4.74 Å². The molecule has 2 fully saturated rings. The molecule has 2 aromatic carbocycles. The minimum absolute atomic E-state index is 0.0140. The highest BCUT2D eigenvalue weighted by Gasteiger charge is 2.37. The predicted octanol–water partition coefficient (Wildman–Crippen LogP) is 3.04. The number of amides is 2. The number of para-hydroxylation sites is 1. The summed E-state index contributed by atoms with van der Waals surface area (Å²) < 4.78 is 19.2. The Balaban J connectivity index is 1.40. The van der Waals surface area contributed by atoms with E-state index in [1.165, 1.54) is 12.1 Å². The smallest absolute Gasteiger partial charge is 0.252 e. The Morgan fingerprint density at radius 2 is 1.93 bits per heavy atom. The lowest BCUT2D eigenvalue weighted by Gasteiger charge is -2.38. The summed E-state index contributed by atoms with van der Waals surface area (Å²) in [5, 5.41) is 0. The lowest BCUT2D eigenvalue weighted by atomic mass is 9.93. The summed E-state index contributed by atoms with van der Waals surface area (Å²) in [5.74, 6) is -0.185. The van der Waals surface area contributed by atoms with Crippen LogP contribution in [0.15, 0.2) is 54.6 Å². The van der Waals surface area contributed by atoms with Crippen LogP contribution in [0.4, 0.5) is 10.1 Å². The molecule has 0 unspecified atom stereocenters. The summed E-state index contributed by atoms with van der Waals surface area (Å²) in [4.78, 5) is 28.9. The normalized spacial score (nSPS) is 22.2. The lowest BCUT2D eigenvalue weighted by molar-refractivity contribution is -0.136. The molecule has 2 atom stereocenters. The van der Waals surface area contributed by atoms with E-state index in [1.807, 2.05) is 41.3 Å². The SMILES string of the molecule is O=C(CCc1cccc(F)c1)N1CC[C@@H]2OCC(=O)N(c3ccccc3)C[C@H]2C1. The van der Waals surface area contributed by atoms with Gasteiger partial charge in [-0.1, -0.05) is 30.3 Å². The van der Waals surface area contributed by atoms with E-state index >= 15 is 0 Å². The van der Waals surface area contributed by atoms with Crippen LogP contribution >= 0.6 is 0 Å². The fourth-order valence-corrected chi connectivity index (χ4v) is 4.18. The van der Waals surface area contributed by atoms with Gasteiger partial charge in [0.25, 0.3) is 5.91 Å². The third kappa shape index (κ3) is 4.65. The van der Waals surface area contributed by atoms with Gasteiger partial charge in [0.15, 0.2) is 0 Å². The number of likely N-dealkylation sites (tertiary alicyclic amines) is 1. The molecule has 2 aromatic rings. The summed E-state index contributed by atoms with van der Waals surface area (Å²) in [6, 6.07) is 16.0. The fraction of sp³-hybridized carbons (Fsp3) is 0.391. The maximum Gasteiger partial charge on any atom is 0.252 e. The van der Waals surface area contributed by atoms with E-state index in [1.54, 1.807) is 11.0 Å². The maximum absolute atomic E-state index is 13.3. The molecule has 2 heterocycles. The first-order valence-electron chi connectivity index (χ1n) is 10.1. The summed E-state index contributed by atoms with van der Waals surface area (Å²) in [5.41, 5.74) is 1.68. The van der Waals surface area contributed by atoms with E-state index in [9.17, 15) is 14.0 Å². The van der Waals surface area contributed by atoms with Crippen LogP contribution in [0, 0.1) is 11.7 Å².